The van der Waals surface area contributed by atoms with E-state index in [1.54, 1.807) is 12.1 Å². The molecule has 0 saturated carbocycles. The van der Waals surface area contributed by atoms with Crippen LogP contribution in [0.15, 0.2) is 48.5 Å². The zero-order valence-corrected chi connectivity index (χ0v) is 14.3. The molecule has 2 aromatic rings. The minimum absolute atomic E-state index is 0.0128. The Labute approximate surface area is 140 Å². The molecule has 0 bridgehead atoms. The average molecular weight is 350 g/mol. The number of hydrogen-bond acceptors (Lipinski definition) is 4. The van der Waals surface area contributed by atoms with Crippen molar-refractivity contribution in [3.63, 3.8) is 0 Å². The first-order valence-electron chi connectivity index (χ1n) is 7.39. The molecule has 0 aliphatic rings. The predicted molar refractivity (Wildman–Crippen MR) is 89.1 cm³/mol. The quantitative estimate of drug-likeness (QED) is 0.470. The molecule has 128 valence electrons. The summed E-state index contributed by atoms with van der Waals surface area (Å²) in [5.74, 6) is 0.275. The Morgan fingerprint density at radius 3 is 2.04 bits per heavy atom. The van der Waals surface area contributed by atoms with Crippen LogP contribution in [0.2, 0.25) is 0 Å². The van der Waals surface area contributed by atoms with Crippen LogP contribution in [0.1, 0.15) is 29.8 Å². The SMILES string of the molecule is CC(C)Cc1ccc(C(=O)Oc2ccc(OP(=O)(O)O)cc2)cc1. The smallest absolute Gasteiger partial charge is 0.423 e. The molecule has 0 amide bonds. The molecule has 0 atom stereocenters. The summed E-state index contributed by atoms with van der Waals surface area (Å²) in [7, 11) is -4.60. The van der Waals surface area contributed by atoms with E-state index in [2.05, 4.69) is 18.4 Å². The number of carbonyl (C=O) groups excluding carboxylic acids is 1. The number of phosphoric ester groups is 1. The van der Waals surface area contributed by atoms with Crippen molar-refractivity contribution in [2.75, 3.05) is 0 Å². The highest BCUT2D eigenvalue weighted by Crippen LogP contribution is 2.37. The summed E-state index contributed by atoms with van der Waals surface area (Å²) in [6.07, 6.45) is 0.941. The fourth-order valence-electron chi connectivity index (χ4n) is 2.12. The number of esters is 1. The third kappa shape index (κ3) is 5.81. The molecular weight excluding hydrogens is 331 g/mol. The molecule has 0 aliphatic heterocycles. The normalized spacial score (nSPS) is 11.4. The van der Waals surface area contributed by atoms with Gasteiger partial charge in [0, 0.05) is 0 Å². The maximum absolute atomic E-state index is 12.1. The minimum Gasteiger partial charge on any atom is -0.423 e. The molecule has 0 aliphatic carbocycles. The van der Waals surface area contributed by atoms with Crippen LogP contribution in [-0.4, -0.2) is 15.8 Å². The number of benzene rings is 2. The Morgan fingerprint density at radius 2 is 1.54 bits per heavy atom. The highest BCUT2D eigenvalue weighted by molar-refractivity contribution is 7.46. The number of phosphoric acid groups is 1. The van der Waals surface area contributed by atoms with Crippen molar-refractivity contribution < 1.29 is 28.4 Å². The van der Waals surface area contributed by atoms with Crippen molar-refractivity contribution in [1.29, 1.82) is 0 Å². The molecule has 0 spiro atoms. The number of carbonyl (C=O) groups is 1. The van der Waals surface area contributed by atoms with E-state index in [0.717, 1.165) is 12.0 Å². The molecule has 7 heteroatoms. The van der Waals surface area contributed by atoms with E-state index in [9.17, 15) is 9.36 Å². The second-order valence-electron chi connectivity index (χ2n) is 5.74. The average Bonchev–Trinajstić information content (AvgIpc) is 2.48. The fourth-order valence-corrected chi connectivity index (χ4v) is 2.52. The summed E-state index contributed by atoms with van der Waals surface area (Å²) in [5, 5.41) is 0. The summed E-state index contributed by atoms with van der Waals surface area (Å²) in [6.45, 7) is 4.25. The fraction of sp³-hybridized carbons (Fsp3) is 0.235. The van der Waals surface area contributed by atoms with Crippen LogP contribution in [0.25, 0.3) is 0 Å². The molecule has 6 nitrogen and oxygen atoms in total. The third-order valence-electron chi connectivity index (χ3n) is 3.09. The molecule has 24 heavy (non-hydrogen) atoms. The zero-order valence-electron chi connectivity index (χ0n) is 13.4. The van der Waals surface area contributed by atoms with Gasteiger partial charge >= 0.3 is 13.8 Å². The maximum Gasteiger partial charge on any atom is 0.524 e. The Morgan fingerprint density at radius 1 is 1.00 bits per heavy atom. The molecular formula is C17H19O6P. The van der Waals surface area contributed by atoms with E-state index in [4.69, 9.17) is 14.5 Å². The molecule has 0 aromatic heterocycles. The van der Waals surface area contributed by atoms with Crippen LogP contribution in [0.5, 0.6) is 11.5 Å². The lowest BCUT2D eigenvalue weighted by atomic mass is 10.0. The summed E-state index contributed by atoms with van der Waals surface area (Å²) < 4.78 is 20.4. The minimum atomic E-state index is -4.60. The van der Waals surface area contributed by atoms with Crippen molar-refractivity contribution in [2.24, 2.45) is 5.92 Å². The van der Waals surface area contributed by atoms with Crippen LogP contribution in [0.4, 0.5) is 0 Å². The Bertz CT molecular complexity index is 731. The van der Waals surface area contributed by atoms with Crippen LogP contribution in [0.3, 0.4) is 0 Å². The lowest BCUT2D eigenvalue weighted by Crippen LogP contribution is -2.08. The van der Waals surface area contributed by atoms with E-state index in [1.165, 1.54) is 24.3 Å². The van der Waals surface area contributed by atoms with E-state index in [-0.39, 0.29) is 11.5 Å². The monoisotopic (exact) mass is 350 g/mol. The second kappa shape index (κ2) is 7.62. The Kier molecular flexibility index (Phi) is 5.78. The van der Waals surface area contributed by atoms with E-state index in [1.807, 2.05) is 12.1 Å². The highest BCUT2D eigenvalue weighted by Gasteiger charge is 2.16. The summed E-state index contributed by atoms with van der Waals surface area (Å²) in [6, 6.07) is 12.6. The number of hydrogen-bond donors (Lipinski definition) is 2. The summed E-state index contributed by atoms with van der Waals surface area (Å²) in [5.41, 5.74) is 1.58. The Balaban J connectivity index is 2.00. The number of ether oxygens (including phenoxy) is 1. The van der Waals surface area contributed by atoms with Crippen molar-refractivity contribution in [3.05, 3.63) is 59.7 Å². The molecule has 2 rings (SSSR count). The van der Waals surface area contributed by atoms with E-state index < -0.39 is 13.8 Å². The van der Waals surface area contributed by atoms with Crippen LogP contribution in [-0.2, 0) is 11.0 Å². The Hall–Kier alpha value is -2.14. The molecule has 2 N–H and O–H groups in total. The predicted octanol–water partition coefficient (Wildman–Crippen LogP) is 3.58. The van der Waals surface area contributed by atoms with Gasteiger partial charge < -0.3 is 9.26 Å². The first-order valence-corrected chi connectivity index (χ1v) is 8.92. The molecule has 0 radical (unpaired) electrons. The van der Waals surface area contributed by atoms with Gasteiger partial charge in [-0.15, -0.1) is 0 Å². The maximum atomic E-state index is 12.1. The van der Waals surface area contributed by atoms with Crippen LogP contribution < -0.4 is 9.26 Å². The van der Waals surface area contributed by atoms with Gasteiger partial charge in [-0.1, -0.05) is 26.0 Å². The molecule has 0 heterocycles. The lowest BCUT2D eigenvalue weighted by Gasteiger charge is -2.09. The van der Waals surface area contributed by atoms with Gasteiger partial charge in [0.15, 0.2) is 0 Å². The van der Waals surface area contributed by atoms with E-state index in [0.29, 0.717) is 11.5 Å². The van der Waals surface area contributed by atoms with Gasteiger partial charge in [-0.2, -0.15) is 0 Å². The molecule has 2 aromatic carbocycles. The second-order valence-corrected chi connectivity index (χ2v) is 6.90. The van der Waals surface area contributed by atoms with Gasteiger partial charge in [0.1, 0.15) is 11.5 Å². The van der Waals surface area contributed by atoms with Gasteiger partial charge in [-0.25, -0.2) is 9.36 Å². The molecule has 0 saturated heterocycles. The standard InChI is InChI=1S/C17H19O6P/c1-12(2)11-13-3-5-14(6-4-13)17(18)22-15-7-9-16(10-8-15)23-24(19,20)21/h3-10,12H,11H2,1-2H3,(H2,19,20,21). The summed E-state index contributed by atoms with van der Waals surface area (Å²) >= 11 is 0. The molecule has 0 unspecified atom stereocenters. The van der Waals surface area contributed by atoms with Crippen LogP contribution >= 0.6 is 7.82 Å². The summed E-state index contributed by atoms with van der Waals surface area (Å²) in [4.78, 5) is 29.5. The van der Waals surface area contributed by atoms with Crippen molar-refractivity contribution in [2.45, 2.75) is 20.3 Å². The lowest BCUT2D eigenvalue weighted by molar-refractivity contribution is 0.0734. The van der Waals surface area contributed by atoms with Crippen molar-refractivity contribution in [3.8, 4) is 11.5 Å². The van der Waals surface area contributed by atoms with Gasteiger partial charge in [0.05, 0.1) is 5.56 Å². The molecule has 0 fully saturated rings. The first kappa shape index (κ1) is 18.2. The van der Waals surface area contributed by atoms with Crippen LogP contribution in [0, 0.1) is 5.92 Å². The van der Waals surface area contributed by atoms with Crippen molar-refractivity contribution in [1.82, 2.24) is 0 Å². The van der Waals surface area contributed by atoms with E-state index >= 15 is 0 Å². The highest BCUT2D eigenvalue weighted by atomic mass is 31.2. The number of rotatable bonds is 6. The van der Waals surface area contributed by atoms with Gasteiger partial charge in [-0.05, 0) is 54.3 Å². The zero-order chi connectivity index (χ0) is 17.7. The van der Waals surface area contributed by atoms with Gasteiger partial charge in [-0.3, -0.25) is 9.79 Å². The topological polar surface area (TPSA) is 93.1 Å². The van der Waals surface area contributed by atoms with Crippen molar-refractivity contribution >= 4 is 13.8 Å². The van der Waals surface area contributed by atoms with Gasteiger partial charge in [0.2, 0.25) is 0 Å². The third-order valence-corrected chi connectivity index (χ3v) is 3.54. The van der Waals surface area contributed by atoms with Gasteiger partial charge in [0.25, 0.3) is 0 Å². The largest absolute Gasteiger partial charge is 0.524 e. The first-order chi connectivity index (χ1) is 11.2.